The van der Waals surface area contributed by atoms with E-state index in [0.717, 1.165) is 24.8 Å². The number of ether oxygens (including phenoxy) is 1. The Bertz CT molecular complexity index is 479. The molecule has 0 spiro atoms. The Morgan fingerprint density at radius 3 is 2.35 bits per heavy atom. The van der Waals surface area contributed by atoms with Crippen molar-refractivity contribution in [1.29, 1.82) is 0 Å². The minimum absolute atomic E-state index is 0.0735. The van der Waals surface area contributed by atoms with Crippen LogP contribution in [0.15, 0.2) is 29.2 Å². The van der Waals surface area contributed by atoms with Crippen molar-refractivity contribution in [3.63, 3.8) is 0 Å². The molecule has 20 heavy (non-hydrogen) atoms. The standard InChI is InChI=1S/C15H24O4S/c1-4-6-7-14(18-5-2)12-19-20(16,17)15-10-8-13(3)9-11-15/h8-11,14H,4-7,12H2,1-3H3. The maximum absolute atomic E-state index is 12.0. The molecule has 4 nitrogen and oxygen atoms in total. The monoisotopic (exact) mass is 300 g/mol. The molecule has 0 saturated carbocycles. The molecule has 0 bridgehead atoms. The Balaban J connectivity index is 2.62. The summed E-state index contributed by atoms with van der Waals surface area (Å²) in [5, 5.41) is 0. The van der Waals surface area contributed by atoms with Gasteiger partial charge in [0.15, 0.2) is 0 Å². The van der Waals surface area contributed by atoms with E-state index in [2.05, 4.69) is 6.92 Å². The van der Waals surface area contributed by atoms with Crippen LogP contribution in [0, 0.1) is 6.92 Å². The largest absolute Gasteiger partial charge is 0.376 e. The summed E-state index contributed by atoms with van der Waals surface area (Å²) in [7, 11) is -3.70. The van der Waals surface area contributed by atoms with Crippen LogP contribution in [0.4, 0.5) is 0 Å². The van der Waals surface area contributed by atoms with Crippen LogP contribution in [-0.4, -0.2) is 27.7 Å². The van der Waals surface area contributed by atoms with E-state index in [0.29, 0.717) is 6.61 Å². The molecule has 0 aromatic heterocycles. The summed E-state index contributed by atoms with van der Waals surface area (Å²) < 4.78 is 34.7. The number of benzene rings is 1. The highest BCUT2D eigenvalue weighted by Crippen LogP contribution is 2.15. The first-order valence-electron chi connectivity index (χ1n) is 7.07. The lowest BCUT2D eigenvalue weighted by molar-refractivity contribution is 0.0228. The first kappa shape index (κ1) is 17.1. The minimum atomic E-state index is -3.70. The molecule has 114 valence electrons. The van der Waals surface area contributed by atoms with Gasteiger partial charge in [-0.05, 0) is 32.4 Å². The summed E-state index contributed by atoms with van der Waals surface area (Å²) >= 11 is 0. The predicted octanol–water partition coefficient (Wildman–Crippen LogP) is 3.30. The van der Waals surface area contributed by atoms with Crippen LogP contribution >= 0.6 is 0 Å². The molecule has 1 rings (SSSR count). The van der Waals surface area contributed by atoms with Gasteiger partial charge in [-0.2, -0.15) is 8.42 Å². The predicted molar refractivity (Wildman–Crippen MR) is 79.3 cm³/mol. The summed E-state index contributed by atoms with van der Waals surface area (Å²) in [5.41, 5.74) is 1.01. The lowest BCUT2D eigenvalue weighted by Gasteiger charge is -2.16. The van der Waals surface area contributed by atoms with Gasteiger partial charge < -0.3 is 4.74 Å². The summed E-state index contributed by atoms with van der Waals surface area (Å²) in [4.78, 5) is 0.189. The quantitative estimate of drug-likeness (QED) is 0.657. The molecule has 0 aliphatic rings. The fraction of sp³-hybridized carbons (Fsp3) is 0.600. The van der Waals surface area contributed by atoms with Gasteiger partial charge in [0.25, 0.3) is 10.1 Å². The van der Waals surface area contributed by atoms with Crippen molar-refractivity contribution >= 4 is 10.1 Å². The van der Waals surface area contributed by atoms with Crippen molar-refractivity contribution in [2.75, 3.05) is 13.2 Å². The molecule has 1 aromatic carbocycles. The average Bonchev–Trinajstić information content (AvgIpc) is 2.42. The van der Waals surface area contributed by atoms with Crippen LogP contribution in [-0.2, 0) is 19.0 Å². The zero-order chi connectivity index (χ0) is 15.0. The fourth-order valence-electron chi connectivity index (χ4n) is 1.82. The van der Waals surface area contributed by atoms with E-state index in [4.69, 9.17) is 8.92 Å². The van der Waals surface area contributed by atoms with Gasteiger partial charge in [0.2, 0.25) is 0 Å². The van der Waals surface area contributed by atoms with Gasteiger partial charge in [0.05, 0.1) is 17.6 Å². The third-order valence-electron chi connectivity index (χ3n) is 3.00. The third-order valence-corrected chi connectivity index (χ3v) is 4.30. The highest BCUT2D eigenvalue weighted by Gasteiger charge is 2.18. The molecular formula is C15H24O4S. The van der Waals surface area contributed by atoms with Crippen LogP contribution in [0.5, 0.6) is 0 Å². The summed E-state index contributed by atoms with van der Waals surface area (Å²) in [6.07, 6.45) is 2.70. The molecule has 0 fully saturated rings. The maximum Gasteiger partial charge on any atom is 0.297 e. The van der Waals surface area contributed by atoms with Crippen molar-refractivity contribution < 1.29 is 17.3 Å². The fourth-order valence-corrected chi connectivity index (χ4v) is 2.76. The second kappa shape index (κ2) is 8.39. The molecule has 0 saturated heterocycles. The van der Waals surface area contributed by atoms with E-state index in [1.165, 1.54) is 0 Å². The molecule has 0 aliphatic heterocycles. The topological polar surface area (TPSA) is 52.6 Å². The summed E-state index contributed by atoms with van der Waals surface area (Å²) in [6.45, 7) is 6.53. The molecular weight excluding hydrogens is 276 g/mol. The van der Waals surface area contributed by atoms with Gasteiger partial charge >= 0.3 is 0 Å². The summed E-state index contributed by atoms with van der Waals surface area (Å²) in [6, 6.07) is 6.64. The first-order valence-corrected chi connectivity index (χ1v) is 8.48. The van der Waals surface area contributed by atoms with Gasteiger partial charge in [-0.1, -0.05) is 37.5 Å². The van der Waals surface area contributed by atoms with Gasteiger partial charge in [-0.15, -0.1) is 0 Å². The lowest BCUT2D eigenvalue weighted by atomic mass is 10.2. The van der Waals surface area contributed by atoms with E-state index < -0.39 is 10.1 Å². The van der Waals surface area contributed by atoms with Crippen molar-refractivity contribution in [3.8, 4) is 0 Å². The number of unbranched alkanes of at least 4 members (excludes halogenated alkanes) is 1. The normalized spacial score (nSPS) is 13.3. The molecule has 0 aliphatic carbocycles. The minimum Gasteiger partial charge on any atom is -0.376 e. The average molecular weight is 300 g/mol. The Hall–Kier alpha value is -0.910. The van der Waals surface area contributed by atoms with Crippen LogP contribution < -0.4 is 0 Å². The lowest BCUT2D eigenvalue weighted by Crippen LogP contribution is -2.22. The SMILES string of the molecule is CCCCC(COS(=O)(=O)c1ccc(C)cc1)OCC. The number of rotatable bonds is 9. The van der Waals surface area contributed by atoms with Crippen LogP contribution in [0.25, 0.3) is 0 Å². The van der Waals surface area contributed by atoms with Crippen molar-refractivity contribution in [3.05, 3.63) is 29.8 Å². The number of hydrogen-bond acceptors (Lipinski definition) is 4. The highest BCUT2D eigenvalue weighted by molar-refractivity contribution is 7.86. The van der Waals surface area contributed by atoms with Crippen molar-refractivity contribution in [2.24, 2.45) is 0 Å². The van der Waals surface area contributed by atoms with Gasteiger partial charge in [0.1, 0.15) is 0 Å². The van der Waals surface area contributed by atoms with Crippen LogP contribution in [0.2, 0.25) is 0 Å². The van der Waals surface area contributed by atoms with E-state index >= 15 is 0 Å². The molecule has 0 amide bonds. The van der Waals surface area contributed by atoms with E-state index in [1.807, 2.05) is 13.8 Å². The molecule has 0 heterocycles. The Kier molecular flexibility index (Phi) is 7.19. The smallest absolute Gasteiger partial charge is 0.297 e. The number of hydrogen-bond donors (Lipinski definition) is 0. The van der Waals surface area contributed by atoms with Crippen molar-refractivity contribution in [2.45, 2.75) is 51.0 Å². The van der Waals surface area contributed by atoms with Gasteiger partial charge in [0, 0.05) is 6.61 Å². The maximum atomic E-state index is 12.0. The zero-order valence-corrected chi connectivity index (χ0v) is 13.3. The molecule has 1 atom stereocenters. The van der Waals surface area contributed by atoms with Crippen molar-refractivity contribution in [1.82, 2.24) is 0 Å². The third kappa shape index (κ3) is 5.61. The molecule has 1 aromatic rings. The molecule has 1 unspecified atom stereocenters. The number of aryl methyl sites for hydroxylation is 1. The summed E-state index contributed by atoms with van der Waals surface area (Å²) in [5.74, 6) is 0. The van der Waals surface area contributed by atoms with Gasteiger partial charge in [-0.3, -0.25) is 4.18 Å². The van der Waals surface area contributed by atoms with E-state index in [1.54, 1.807) is 24.3 Å². The molecule has 5 heteroatoms. The Morgan fingerprint density at radius 1 is 1.15 bits per heavy atom. The Labute approximate surface area is 122 Å². The van der Waals surface area contributed by atoms with Crippen LogP contribution in [0.1, 0.15) is 38.7 Å². The second-order valence-electron chi connectivity index (χ2n) is 4.77. The van der Waals surface area contributed by atoms with Gasteiger partial charge in [-0.25, -0.2) is 0 Å². The highest BCUT2D eigenvalue weighted by atomic mass is 32.2. The van der Waals surface area contributed by atoms with E-state index in [-0.39, 0.29) is 17.6 Å². The Morgan fingerprint density at radius 2 is 1.80 bits per heavy atom. The second-order valence-corrected chi connectivity index (χ2v) is 6.39. The molecule has 0 radical (unpaired) electrons. The molecule has 0 N–H and O–H groups in total. The van der Waals surface area contributed by atoms with E-state index in [9.17, 15) is 8.42 Å². The zero-order valence-electron chi connectivity index (χ0n) is 12.5. The van der Waals surface area contributed by atoms with Crippen LogP contribution in [0.3, 0.4) is 0 Å². The first-order chi connectivity index (χ1) is 9.49.